The SMILES string of the molecule is O=C(CCC1CCCN(c2ncccn2)C1)Nc1ccc(C(F)(F)F)cc1. The first kappa shape index (κ1) is 19.1. The summed E-state index contributed by atoms with van der Waals surface area (Å²) in [5.74, 6) is 0.875. The molecule has 1 aromatic carbocycles. The van der Waals surface area contributed by atoms with Gasteiger partial charge in [-0.2, -0.15) is 13.2 Å². The smallest absolute Gasteiger partial charge is 0.341 e. The summed E-state index contributed by atoms with van der Waals surface area (Å²) in [6.07, 6.45) is 2.15. The summed E-state index contributed by atoms with van der Waals surface area (Å²) in [4.78, 5) is 22.8. The number of anilines is 2. The third-order valence-corrected chi connectivity index (χ3v) is 4.63. The maximum Gasteiger partial charge on any atom is 0.416 e. The highest BCUT2D eigenvalue weighted by Gasteiger charge is 2.30. The molecule has 0 spiro atoms. The molecule has 0 saturated carbocycles. The molecule has 1 aliphatic heterocycles. The molecule has 144 valence electrons. The van der Waals surface area contributed by atoms with Gasteiger partial charge < -0.3 is 10.2 Å². The highest BCUT2D eigenvalue weighted by Crippen LogP contribution is 2.30. The Labute approximate surface area is 155 Å². The third-order valence-electron chi connectivity index (χ3n) is 4.63. The van der Waals surface area contributed by atoms with E-state index in [1.54, 1.807) is 18.5 Å². The Morgan fingerprint density at radius 2 is 1.89 bits per heavy atom. The summed E-state index contributed by atoms with van der Waals surface area (Å²) in [5, 5.41) is 2.66. The fraction of sp³-hybridized carbons (Fsp3) is 0.421. The van der Waals surface area contributed by atoms with E-state index < -0.39 is 11.7 Å². The lowest BCUT2D eigenvalue weighted by molar-refractivity contribution is -0.137. The summed E-state index contributed by atoms with van der Waals surface area (Å²) >= 11 is 0. The zero-order chi connectivity index (χ0) is 19.3. The third kappa shape index (κ3) is 5.42. The number of benzene rings is 1. The predicted molar refractivity (Wildman–Crippen MR) is 96.3 cm³/mol. The molecule has 2 aromatic rings. The number of carbonyl (C=O) groups is 1. The Balaban J connectivity index is 1.47. The van der Waals surface area contributed by atoms with Crippen LogP contribution >= 0.6 is 0 Å². The van der Waals surface area contributed by atoms with Crippen LogP contribution in [-0.4, -0.2) is 29.0 Å². The van der Waals surface area contributed by atoms with Crippen LogP contribution in [0, 0.1) is 5.92 Å². The molecular weight excluding hydrogens is 357 g/mol. The average Bonchev–Trinajstić information content (AvgIpc) is 2.67. The quantitative estimate of drug-likeness (QED) is 0.850. The second-order valence-corrected chi connectivity index (χ2v) is 6.67. The molecule has 1 saturated heterocycles. The fourth-order valence-electron chi connectivity index (χ4n) is 3.24. The average molecular weight is 378 g/mol. The molecule has 8 heteroatoms. The topological polar surface area (TPSA) is 58.1 Å². The second-order valence-electron chi connectivity index (χ2n) is 6.67. The fourth-order valence-corrected chi connectivity index (χ4v) is 3.24. The van der Waals surface area contributed by atoms with Crippen LogP contribution in [0.2, 0.25) is 0 Å². The van der Waals surface area contributed by atoms with E-state index in [0.29, 0.717) is 24.0 Å². The largest absolute Gasteiger partial charge is 0.416 e. The molecule has 27 heavy (non-hydrogen) atoms. The van der Waals surface area contributed by atoms with Gasteiger partial charge in [0.25, 0.3) is 0 Å². The van der Waals surface area contributed by atoms with Gasteiger partial charge >= 0.3 is 6.18 Å². The highest BCUT2D eigenvalue weighted by molar-refractivity contribution is 5.90. The van der Waals surface area contributed by atoms with Crippen LogP contribution in [0.4, 0.5) is 24.8 Å². The van der Waals surface area contributed by atoms with Crippen LogP contribution < -0.4 is 10.2 Å². The lowest BCUT2D eigenvalue weighted by Crippen LogP contribution is -2.36. The van der Waals surface area contributed by atoms with Crippen LogP contribution in [-0.2, 0) is 11.0 Å². The van der Waals surface area contributed by atoms with E-state index in [-0.39, 0.29) is 5.91 Å². The standard InChI is InChI=1S/C19H21F3N4O/c20-19(21,22)15-5-7-16(8-6-15)25-17(27)9-4-14-3-1-12-26(13-14)18-23-10-2-11-24-18/h2,5-8,10-11,14H,1,3-4,9,12-13H2,(H,25,27). The van der Waals surface area contributed by atoms with Gasteiger partial charge in [-0.05, 0) is 55.5 Å². The van der Waals surface area contributed by atoms with Crippen LogP contribution in [0.5, 0.6) is 0 Å². The normalized spacial score (nSPS) is 17.6. The van der Waals surface area contributed by atoms with Crippen molar-refractivity contribution in [3.8, 4) is 0 Å². The molecule has 2 heterocycles. The van der Waals surface area contributed by atoms with E-state index in [0.717, 1.165) is 44.5 Å². The van der Waals surface area contributed by atoms with Gasteiger partial charge in [-0.25, -0.2) is 9.97 Å². The van der Waals surface area contributed by atoms with Gasteiger partial charge in [-0.15, -0.1) is 0 Å². The van der Waals surface area contributed by atoms with Gasteiger partial charge in [-0.3, -0.25) is 4.79 Å². The van der Waals surface area contributed by atoms with E-state index in [4.69, 9.17) is 0 Å². The zero-order valence-corrected chi connectivity index (χ0v) is 14.7. The van der Waals surface area contributed by atoms with Crippen molar-refractivity contribution in [3.05, 3.63) is 48.3 Å². The number of nitrogens with zero attached hydrogens (tertiary/aromatic N) is 3. The van der Waals surface area contributed by atoms with Crippen molar-refractivity contribution >= 4 is 17.5 Å². The number of alkyl halides is 3. The Morgan fingerprint density at radius 3 is 2.56 bits per heavy atom. The summed E-state index contributed by atoms with van der Waals surface area (Å²) in [7, 11) is 0. The summed E-state index contributed by atoms with van der Waals surface area (Å²) < 4.78 is 37.7. The zero-order valence-electron chi connectivity index (χ0n) is 14.7. The van der Waals surface area contributed by atoms with E-state index in [2.05, 4.69) is 20.2 Å². The number of hydrogen-bond acceptors (Lipinski definition) is 4. The first-order valence-corrected chi connectivity index (χ1v) is 8.91. The number of aromatic nitrogens is 2. The van der Waals surface area contributed by atoms with Crippen LogP contribution in [0.3, 0.4) is 0 Å². The van der Waals surface area contributed by atoms with Gasteiger partial charge in [0, 0.05) is 37.6 Å². The van der Waals surface area contributed by atoms with E-state index in [1.165, 1.54) is 12.1 Å². The molecule has 3 rings (SSSR count). The number of rotatable bonds is 5. The summed E-state index contributed by atoms with van der Waals surface area (Å²) in [6, 6.07) is 6.26. The van der Waals surface area contributed by atoms with Crippen LogP contribution in [0.15, 0.2) is 42.7 Å². The minimum Gasteiger partial charge on any atom is -0.341 e. The number of piperidine rings is 1. The molecule has 1 aromatic heterocycles. The Kier molecular flexibility index (Phi) is 5.93. The maximum atomic E-state index is 12.6. The number of carbonyl (C=O) groups excluding carboxylic acids is 1. The Bertz CT molecular complexity index is 750. The Morgan fingerprint density at radius 1 is 1.19 bits per heavy atom. The molecule has 1 unspecified atom stereocenters. The number of halogens is 3. The van der Waals surface area contributed by atoms with Gasteiger partial charge in [-0.1, -0.05) is 0 Å². The molecule has 0 aliphatic carbocycles. The summed E-state index contributed by atoms with van der Waals surface area (Å²) in [5.41, 5.74) is -0.359. The molecule has 1 aliphatic rings. The predicted octanol–water partition coefficient (Wildman–Crippen LogP) is 4.13. The van der Waals surface area contributed by atoms with Crippen LogP contribution in [0.25, 0.3) is 0 Å². The van der Waals surface area contributed by atoms with Crippen LogP contribution in [0.1, 0.15) is 31.2 Å². The molecule has 5 nitrogen and oxygen atoms in total. The molecule has 0 bridgehead atoms. The maximum absolute atomic E-state index is 12.6. The summed E-state index contributed by atoms with van der Waals surface area (Å²) in [6.45, 7) is 1.70. The van der Waals surface area contributed by atoms with Gasteiger partial charge in [0.1, 0.15) is 0 Å². The van der Waals surface area contributed by atoms with Crippen molar-refractivity contribution in [2.75, 3.05) is 23.3 Å². The van der Waals surface area contributed by atoms with Crippen molar-refractivity contribution in [1.29, 1.82) is 0 Å². The molecule has 1 atom stereocenters. The number of amides is 1. The molecular formula is C19H21F3N4O. The lowest BCUT2D eigenvalue weighted by Gasteiger charge is -2.32. The minimum absolute atomic E-state index is 0.192. The minimum atomic E-state index is -4.38. The first-order chi connectivity index (χ1) is 12.9. The van der Waals surface area contributed by atoms with Crippen molar-refractivity contribution in [2.45, 2.75) is 31.9 Å². The molecule has 1 fully saturated rings. The number of nitrogens with one attached hydrogen (secondary N) is 1. The molecule has 1 amide bonds. The monoisotopic (exact) mass is 378 g/mol. The van der Waals surface area contributed by atoms with Crippen molar-refractivity contribution in [1.82, 2.24) is 9.97 Å². The van der Waals surface area contributed by atoms with E-state index >= 15 is 0 Å². The molecule has 1 N–H and O–H groups in total. The first-order valence-electron chi connectivity index (χ1n) is 8.91. The van der Waals surface area contributed by atoms with Gasteiger partial charge in [0.05, 0.1) is 5.56 Å². The van der Waals surface area contributed by atoms with Crippen molar-refractivity contribution in [3.63, 3.8) is 0 Å². The van der Waals surface area contributed by atoms with Gasteiger partial charge in [0.2, 0.25) is 11.9 Å². The van der Waals surface area contributed by atoms with Crippen molar-refractivity contribution < 1.29 is 18.0 Å². The highest BCUT2D eigenvalue weighted by atomic mass is 19.4. The Hall–Kier alpha value is -2.64. The lowest BCUT2D eigenvalue weighted by atomic mass is 9.93. The van der Waals surface area contributed by atoms with E-state index in [9.17, 15) is 18.0 Å². The van der Waals surface area contributed by atoms with Gasteiger partial charge in [0.15, 0.2) is 0 Å². The van der Waals surface area contributed by atoms with Crippen molar-refractivity contribution in [2.24, 2.45) is 5.92 Å². The second kappa shape index (κ2) is 8.37. The van der Waals surface area contributed by atoms with E-state index in [1.807, 2.05) is 0 Å². The number of hydrogen-bond donors (Lipinski definition) is 1. The molecule has 0 radical (unpaired) electrons.